The van der Waals surface area contributed by atoms with Gasteiger partial charge in [0.2, 0.25) is 0 Å². The Bertz CT molecular complexity index is 160. The maximum Gasteiger partial charge on any atom is 0.311 e. The molecule has 3 N–H and O–H groups in total. The van der Waals surface area contributed by atoms with Gasteiger partial charge in [-0.1, -0.05) is 0 Å². The van der Waals surface area contributed by atoms with Gasteiger partial charge in [0, 0.05) is 0 Å². The Morgan fingerprint density at radius 2 is 2.10 bits per heavy atom. The zero-order chi connectivity index (χ0) is 7.35. The molecule has 58 valence electrons. The molecule has 0 saturated carbocycles. The van der Waals surface area contributed by atoms with E-state index in [1.54, 1.807) is 0 Å². The molecule has 0 unspecified atom stereocenters. The van der Waals surface area contributed by atoms with Crippen LogP contribution in [0.2, 0.25) is 0 Å². The van der Waals surface area contributed by atoms with Crippen LogP contribution in [0.4, 0.5) is 0 Å². The molecule has 0 aromatic rings. The van der Waals surface area contributed by atoms with Gasteiger partial charge in [0.05, 0.1) is 6.61 Å². The van der Waals surface area contributed by atoms with Crippen LogP contribution < -0.4 is 0 Å². The third kappa shape index (κ3) is 0.586. The first-order valence-corrected chi connectivity index (χ1v) is 3.04. The monoisotopic (exact) mass is 148 g/mol. The van der Waals surface area contributed by atoms with Gasteiger partial charge >= 0.3 is 5.97 Å². The van der Waals surface area contributed by atoms with Gasteiger partial charge in [-0.25, -0.2) is 0 Å². The number of rotatable bonds is 0. The van der Waals surface area contributed by atoms with E-state index >= 15 is 0 Å². The van der Waals surface area contributed by atoms with Gasteiger partial charge in [-0.15, -0.1) is 0 Å². The van der Waals surface area contributed by atoms with Crippen LogP contribution in [0.1, 0.15) is 0 Å². The van der Waals surface area contributed by atoms with E-state index in [1.807, 2.05) is 0 Å². The Balaban J connectivity index is 2.25. The molecule has 2 heterocycles. The number of aliphatic hydroxyl groups is 3. The van der Waals surface area contributed by atoms with Crippen molar-refractivity contribution < 1.29 is 24.8 Å². The van der Waals surface area contributed by atoms with Crippen LogP contribution in [-0.4, -0.2) is 46.2 Å². The minimum atomic E-state index is -1.95. The lowest BCUT2D eigenvalue weighted by molar-refractivity contribution is -0.334. The molecular formula is C5H8O5. The fourth-order valence-corrected chi connectivity index (χ4v) is 1.23. The van der Waals surface area contributed by atoms with Gasteiger partial charge in [-0.3, -0.25) is 0 Å². The van der Waals surface area contributed by atoms with E-state index in [9.17, 15) is 0 Å². The summed E-state index contributed by atoms with van der Waals surface area (Å²) in [6.07, 6.45) is -2.95. The van der Waals surface area contributed by atoms with Crippen molar-refractivity contribution in [1.82, 2.24) is 0 Å². The quantitative estimate of drug-likeness (QED) is 0.363. The van der Waals surface area contributed by atoms with E-state index in [0.717, 1.165) is 0 Å². The van der Waals surface area contributed by atoms with Crippen LogP contribution in [0.3, 0.4) is 0 Å². The van der Waals surface area contributed by atoms with Crippen LogP contribution in [-0.2, 0) is 9.47 Å². The van der Waals surface area contributed by atoms with Crippen molar-refractivity contribution in [2.75, 3.05) is 6.61 Å². The second-order valence-electron chi connectivity index (χ2n) is 2.53. The fourth-order valence-electron chi connectivity index (χ4n) is 1.23. The van der Waals surface area contributed by atoms with Gasteiger partial charge in [0.25, 0.3) is 0 Å². The van der Waals surface area contributed by atoms with Crippen molar-refractivity contribution in [3.8, 4) is 0 Å². The van der Waals surface area contributed by atoms with E-state index in [1.165, 1.54) is 0 Å². The molecule has 2 fully saturated rings. The van der Waals surface area contributed by atoms with Gasteiger partial charge in [0.1, 0.15) is 12.2 Å². The number of aliphatic hydroxyl groups excluding tert-OH is 2. The maximum absolute atomic E-state index is 9.13. The minimum absolute atomic E-state index is 0.134. The zero-order valence-corrected chi connectivity index (χ0v) is 5.10. The summed E-state index contributed by atoms with van der Waals surface area (Å²) in [6.45, 7) is 0.134. The summed E-state index contributed by atoms with van der Waals surface area (Å²) in [7, 11) is 0. The molecule has 4 atom stereocenters. The number of hydrogen-bond donors (Lipinski definition) is 3. The predicted octanol–water partition coefficient (Wildman–Crippen LogP) is -2.22. The summed E-state index contributed by atoms with van der Waals surface area (Å²) in [5, 5.41) is 27.2. The second kappa shape index (κ2) is 1.69. The van der Waals surface area contributed by atoms with Gasteiger partial charge in [0.15, 0.2) is 6.10 Å². The van der Waals surface area contributed by atoms with E-state index in [4.69, 9.17) is 20.1 Å². The van der Waals surface area contributed by atoms with E-state index < -0.39 is 24.3 Å². The summed E-state index contributed by atoms with van der Waals surface area (Å²) in [5.41, 5.74) is 0. The van der Waals surface area contributed by atoms with Crippen molar-refractivity contribution in [3.05, 3.63) is 0 Å². The fraction of sp³-hybridized carbons (Fsp3) is 1.00. The number of hydrogen-bond acceptors (Lipinski definition) is 5. The Hall–Kier alpha value is -0.200. The highest BCUT2D eigenvalue weighted by molar-refractivity contribution is 4.95. The first-order chi connectivity index (χ1) is 4.63. The van der Waals surface area contributed by atoms with Crippen LogP contribution in [0, 0.1) is 0 Å². The summed E-state index contributed by atoms with van der Waals surface area (Å²) in [4.78, 5) is 0. The Kier molecular flexibility index (Phi) is 1.10. The third-order valence-corrected chi connectivity index (χ3v) is 1.85. The van der Waals surface area contributed by atoms with Gasteiger partial charge in [-0.05, 0) is 0 Å². The zero-order valence-electron chi connectivity index (χ0n) is 5.10. The molecule has 2 bridgehead atoms. The summed E-state index contributed by atoms with van der Waals surface area (Å²) < 4.78 is 9.36. The molecule has 2 aliphatic heterocycles. The molecule has 2 saturated heterocycles. The normalized spacial score (nSPS) is 59.7. The van der Waals surface area contributed by atoms with E-state index in [0.29, 0.717) is 0 Å². The van der Waals surface area contributed by atoms with Crippen molar-refractivity contribution in [1.29, 1.82) is 0 Å². The smallest absolute Gasteiger partial charge is 0.311 e. The van der Waals surface area contributed by atoms with Crippen LogP contribution in [0.25, 0.3) is 0 Å². The SMILES string of the molecule is O[C@@H]1[C@H]2CO[C@](O)(O2)[C@H]1O. The first kappa shape index (κ1) is 6.51. The highest BCUT2D eigenvalue weighted by atomic mass is 16.9. The molecule has 2 aliphatic rings. The Morgan fingerprint density at radius 3 is 2.40 bits per heavy atom. The van der Waals surface area contributed by atoms with Crippen LogP contribution in [0.15, 0.2) is 0 Å². The lowest BCUT2D eigenvalue weighted by Crippen LogP contribution is -2.48. The number of ether oxygens (including phenoxy) is 2. The summed E-state index contributed by atoms with van der Waals surface area (Å²) in [6, 6.07) is 0. The largest absolute Gasteiger partial charge is 0.387 e. The van der Waals surface area contributed by atoms with Crippen molar-refractivity contribution in [2.24, 2.45) is 0 Å². The Morgan fingerprint density at radius 1 is 1.40 bits per heavy atom. The summed E-state index contributed by atoms with van der Waals surface area (Å²) in [5.74, 6) is -1.95. The molecule has 5 nitrogen and oxygen atoms in total. The molecule has 2 rings (SSSR count). The van der Waals surface area contributed by atoms with Crippen molar-refractivity contribution in [2.45, 2.75) is 24.3 Å². The molecule has 10 heavy (non-hydrogen) atoms. The molecular weight excluding hydrogens is 140 g/mol. The Labute approximate surface area is 56.8 Å². The molecule has 0 amide bonds. The van der Waals surface area contributed by atoms with Crippen molar-refractivity contribution in [3.63, 3.8) is 0 Å². The van der Waals surface area contributed by atoms with E-state index in [-0.39, 0.29) is 6.61 Å². The molecule has 0 aliphatic carbocycles. The standard InChI is InChI=1S/C5H8O5/c6-3-2-1-9-5(8,10-2)4(3)7/h2-4,6-8H,1H2/t2-,3-,4+,5+/m1/s1. The summed E-state index contributed by atoms with van der Waals surface area (Å²) >= 11 is 0. The molecule has 0 aromatic carbocycles. The van der Waals surface area contributed by atoms with Gasteiger partial charge in [-0.2, -0.15) is 0 Å². The molecule has 0 radical (unpaired) electrons. The predicted molar refractivity (Wildman–Crippen MR) is 27.8 cm³/mol. The van der Waals surface area contributed by atoms with Crippen LogP contribution in [0.5, 0.6) is 0 Å². The lowest BCUT2D eigenvalue weighted by Gasteiger charge is -2.24. The average molecular weight is 148 g/mol. The van der Waals surface area contributed by atoms with Crippen molar-refractivity contribution >= 4 is 0 Å². The topological polar surface area (TPSA) is 79.2 Å². The highest BCUT2D eigenvalue weighted by Gasteiger charge is 2.60. The van der Waals surface area contributed by atoms with Crippen LogP contribution >= 0.6 is 0 Å². The molecule has 0 spiro atoms. The minimum Gasteiger partial charge on any atom is -0.387 e. The third-order valence-electron chi connectivity index (χ3n) is 1.85. The van der Waals surface area contributed by atoms with E-state index in [2.05, 4.69) is 4.74 Å². The first-order valence-electron chi connectivity index (χ1n) is 3.04. The average Bonchev–Trinajstić information content (AvgIpc) is 2.35. The number of fused-ring (bicyclic) bond motifs is 2. The highest BCUT2D eigenvalue weighted by Crippen LogP contribution is 2.36. The van der Waals surface area contributed by atoms with Gasteiger partial charge < -0.3 is 24.8 Å². The second-order valence-corrected chi connectivity index (χ2v) is 2.53. The molecule has 0 aromatic heterocycles. The molecule has 5 heteroatoms. The lowest BCUT2D eigenvalue weighted by atomic mass is 10.1. The maximum atomic E-state index is 9.13.